The summed E-state index contributed by atoms with van der Waals surface area (Å²) < 4.78 is 20.2. The lowest BCUT2D eigenvalue weighted by Gasteiger charge is -2.65. The Labute approximate surface area is 246 Å². The molecule has 4 fully saturated rings. The topological polar surface area (TPSA) is 106 Å². The van der Waals surface area contributed by atoms with E-state index in [1.165, 1.54) is 64.2 Å². The van der Waals surface area contributed by atoms with Crippen LogP contribution in [-0.4, -0.2) is 57.8 Å². The van der Waals surface area contributed by atoms with Crippen LogP contribution in [-0.2, 0) is 14.2 Å². The Hall–Kier alpha value is -0.240. The van der Waals surface area contributed by atoms with Gasteiger partial charge in [0.05, 0.1) is 18.3 Å². The molecule has 6 N–H and O–H groups in total. The van der Waals surface area contributed by atoms with Crippen molar-refractivity contribution in [1.82, 2.24) is 0 Å². The van der Waals surface area contributed by atoms with E-state index >= 15 is 0 Å². The predicted octanol–water partition coefficient (Wildman–Crippen LogP) is 5.89. The zero-order chi connectivity index (χ0) is 28.8. The molecule has 234 valence electrons. The van der Waals surface area contributed by atoms with Crippen molar-refractivity contribution in [1.29, 1.82) is 0 Å². The van der Waals surface area contributed by atoms with Gasteiger partial charge in [0.15, 0.2) is 0 Å². The smallest absolute Gasteiger partial charge is 0.0637 e. The first kappa shape index (κ1) is 32.7. The molecule has 6 nitrogen and oxygen atoms in total. The van der Waals surface area contributed by atoms with Gasteiger partial charge in [-0.05, 0) is 125 Å². The average Bonchev–Trinajstić information content (AvgIpc) is 3.31. The number of nitrogens with two attached hydrogens (primary N) is 3. The van der Waals surface area contributed by atoms with E-state index in [2.05, 4.69) is 27.7 Å². The lowest BCUT2D eigenvalue weighted by molar-refractivity contribution is -0.227. The van der Waals surface area contributed by atoms with Crippen LogP contribution in [0, 0.1) is 46.3 Å². The van der Waals surface area contributed by atoms with Crippen molar-refractivity contribution in [3.63, 3.8) is 0 Å². The standard InChI is InChI=1S/C34H65N3O3/c1-5-6-10-24(2)27-11-12-28-32-29(23-31(34(27,28)4)40-20-9-17-37)33(3)14-13-26(38-18-7-15-35)21-25(33)22-30(32)39-19-8-16-36/h24-32H,5-23,35-37H2,1-4H3. The van der Waals surface area contributed by atoms with E-state index in [0.29, 0.717) is 67.0 Å². The van der Waals surface area contributed by atoms with Crippen LogP contribution in [0.4, 0.5) is 0 Å². The van der Waals surface area contributed by atoms with Gasteiger partial charge in [0, 0.05) is 25.2 Å². The molecular formula is C34H65N3O3. The summed E-state index contributed by atoms with van der Waals surface area (Å²) in [6.45, 7) is 14.6. The summed E-state index contributed by atoms with van der Waals surface area (Å²) in [6.07, 6.45) is 16.5. The molecule has 0 spiro atoms. The van der Waals surface area contributed by atoms with Crippen LogP contribution in [0.1, 0.15) is 111 Å². The Bertz CT molecular complexity index is 754. The number of hydrogen-bond donors (Lipinski definition) is 3. The maximum absolute atomic E-state index is 6.95. The van der Waals surface area contributed by atoms with Gasteiger partial charge in [-0.2, -0.15) is 0 Å². The lowest BCUT2D eigenvalue weighted by Crippen LogP contribution is -2.63. The van der Waals surface area contributed by atoms with Gasteiger partial charge in [0.1, 0.15) is 0 Å². The third-order valence-corrected chi connectivity index (χ3v) is 12.5. The van der Waals surface area contributed by atoms with Crippen molar-refractivity contribution in [3.8, 4) is 0 Å². The molecule has 4 aliphatic carbocycles. The Balaban J connectivity index is 1.64. The molecule has 0 saturated heterocycles. The number of ether oxygens (including phenoxy) is 3. The van der Waals surface area contributed by atoms with Crippen molar-refractivity contribution in [2.24, 2.45) is 63.5 Å². The summed E-state index contributed by atoms with van der Waals surface area (Å²) >= 11 is 0. The van der Waals surface area contributed by atoms with Gasteiger partial charge in [-0.15, -0.1) is 0 Å². The zero-order valence-electron chi connectivity index (χ0n) is 26.6. The van der Waals surface area contributed by atoms with E-state index in [1.54, 1.807) is 0 Å². The van der Waals surface area contributed by atoms with Gasteiger partial charge in [0.25, 0.3) is 0 Å². The molecule has 0 amide bonds. The van der Waals surface area contributed by atoms with Gasteiger partial charge in [-0.25, -0.2) is 0 Å². The van der Waals surface area contributed by atoms with Crippen LogP contribution in [0.5, 0.6) is 0 Å². The third kappa shape index (κ3) is 6.63. The van der Waals surface area contributed by atoms with E-state index in [-0.39, 0.29) is 5.41 Å². The molecule has 4 aliphatic rings. The summed E-state index contributed by atoms with van der Waals surface area (Å²) in [4.78, 5) is 0. The SMILES string of the molecule is CCCCC(C)C1CCC2C3C(OCCCN)CC4CC(OCCCN)CCC4(C)C3CC(OCCCN)C12C. The van der Waals surface area contributed by atoms with E-state index < -0.39 is 0 Å². The Morgan fingerprint density at radius 3 is 2.12 bits per heavy atom. The number of rotatable bonds is 16. The number of unbranched alkanes of at least 4 members (excludes halogenated alkanes) is 1. The monoisotopic (exact) mass is 564 g/mol. The normalized spacial score (nSPS) is 41.8. The predicted molar refractivity (Wildman–Crippen MR) is 165 cm³/mol. The highest BCUT2D eigenvalue weighted by molar-refractivity contribution is 5.15. The highest BCUT2D eigenvalue weighted by Gasteiger charge is 2.66. The van der Waals surface area contributed by atoms with Gasteiger partial charge in [0.2, 0.25) is 0 Å². The van der Waals surface area contributed by atoms with Crippen molar-refractivity contribution < 1.29 is 14.2 Å². The fraction of sp³-hybridized carbons (Fsp3) is 1.00. The summed E-state index contributed by atoms with van der Waals surface area (Å²) in [5.74, 6) is 4.05. The quantitative estimate of drug-likeness (QED) is 0.202. The molecule has 6 heteroatoms. The Morgan fingerprint density at radius 1 is 0.775 bits per heavy atom. The van der Waals surface area contributed by atoms with Crippen LogP contribution in [0.2, 0.25) is 0 Å². The Morgan fingerprint density at radius 2 is 1.45 bits per heavy atom. The molecule has 0 aromatic heterocycles. The van der Waals surface area contributed by atoms with Crippen LogP contribution in [0.15, 0.2) is 0 Å². The van der Waals surface area contributed by atoms with E-state index in [4.69, 9.17) is 31.4 Å². The molecule has 11 atom stereocenters. The maximum Gasteiger partial charge on any atom is 0.0637 e. The maximum atomic E-state index is 6.95. The first-order valence-corrected chi connectivity index (χ1v) is 17.3. The van der Waals surface area contributed by atoms with Crippen LogP contribution in [0.3, 0.4) is 0 Å². The first-order chi connectivity index (χ1) is 19.3. The molecule has 0 heterocycles. The minimum Gasteiger partial charge on any atom is -0.378 e. The second-order valence-electron chi connectivity index (χ2n) is 14.6. The van der Waals surface area contributed by atoms with Crippen LogP contribution >= 0.6 is 0 Å². The molecule has 11 unspecified atom stereocenters. The molecular weight excluding hydrogens is 498 g/mol. The molecule has 0 aliphatic heterocycles. The van der Waals surface area contributed by atoms with Gasteiger partial charge in [-0.1, -0.05) is 47.0 Å². The molecule has 0 radical (unpaired) electrons. The lowest BCUT2D eigenvalue weighted by atomic mass is 9.43. The molecule has 40 heavy (non-hydrogen) atoms. The summed E-state index contributed by atoms with van der Waals surface area (Å²) in [6, 6.07) is 0. The van der Waals surface area contributed by atoms with Crippen molar-refractivity contribution >= 4 is 0 Å². The van der Waals surface area contributed by atoms with Crippen LogP contribution < -0.4 is 17.2 Å². The zero-order valence-corrected chi connectivity index (χ0v) is 26.6. The molecule has 4 rings (SSSR count). The second kappa shape index (κ2) is 15.0. The van der Waals surface area contributed by atoms with Gasteiger partial charge >= 0.3 is 0 Å². The molecule has 4 saturated carbocycles. The highest BCUT2D eigenvalue weighted by atomic mass is 16.5. The summed E-state index contributed by atoms with van der Waals surface area (Å²) in [7, 11) is 0. The fourth-order valence-corrected chi connectivity index (χ4v) is 10.3. The highest BCUT2D eigenvalue weighted by Crippen LogP contribution is 2.69. The van der Waals surface area contributed by atoms with Crippen molar-refractivity contribution in [2.75, 3.05) is 39.5 Å². The van der Waals surface area contributed by atoms with Crippen molar-refractivity contribution in [2.45, 2.75) is 129 Å². The van der Waals surface area contributed by atoms with Gasteiger partial charge in [-0.3, -0.25) is 0 Å². The minimum absolute atomic E-state index is 0.212. The number of hydrogen-bond acceptors (Lipinski definition) is 6. The molecule has 0 aromatic rings. The first-order valence-electron chi connectivity index (χ1n) is 17.3. The van der Waals surface area contributed by atoms with E-state index in [1.807, 2.05) is 0 Å². The third-order valence-electron chi connectivity index (χ3n) is 12.5. The average molecular weight is 564 g/mol. The summed E-state index contributed by atoms with van der Waals surface area (Å²) in [5.41, 5.74) is 18.2. The number of fused-ring (bicyclic) bond motifs is 5. The second-order valence-corrected chi connectivity index (χ2v) is 14.6. The minimum atomic E-state index is 0.212. The molecule has 0 aromatic carbocycles. The van der Waals surface area contributed by atoms with Crippen LogP contribution in [0.25, 0.3) is 0 Å². The van der Waals surface area contributed by atoms with Gasteiger partial charge < -0.3 is 31.4 Å². The largest absolute Gasteiger partial charge is 0.378 e. The Kier molecular flexibility index (Phi) is 12.2. The molecule has 0 bridgehead atoms. The van der Waals surface area contributed by atoms with E-state index in [9.17, 15) is 0 Å². The van der Waals surface area contributed by atoms with E-state index in [0.717, 1.165) is 50.9 Å². The summed E-state index contributed by atoms with van der Waals surface area (Å²) in [5, 5.41) is 0. The van der Waals surface area contributed by atoms with Crippen molar-refractivity contribution in [3.05, 3.63) is 0 Å². The fourth-order valence-electron chi connectivity index (χ4n) is 10.3.